The van der Waals surface area contributed by atoms with E-state index in [0.717, 1.165) is 23.4 Å². The number of hydrogen-bond donors (Lipinski definition) is 1. The summed E-state index contributed by atoms with van der Waals surface area (Å²) in [6, 6.07) is -0.151. The van der Waals surface area contributed by atoms with Crippen LogP contribution < -0.4 is 10.1 Å². The van der Waals surface area contributed by atoms with Gasteiger partial charge < -0.3 is 14.8 Å². The maximum Gasteiger partial charge on any atom is 0.389 e. The van der Waals surface area contributed by atoms with Crippen LogP contribution in [-0.2, 0) is 27.3 Å². The molecule has 1 aliphatic carbocycles. The fraction of sp³-hybridized carbons (Fsp3) is 0.762. The van der Waals surface area contributed by atoms with Crippen LogP contribution in [0.5, 0.6) is 5.19 Å². The van der Waals surface area contributed by atoms with Gasteiger partial charge in [-0.15, -0.1) is 0 Å². The minimum Gasteiger partial charge on any atom is -0.464 e. The number of aromatic nitrogens is 1. The average molecular weight is 514 g/mol. The van der Waals surface area contributed by atoms with E-state index in [1.54, 1.807) is 0 Å². The van der Waals surface area contributed by atoms with Crippen molar-refractivity contribution in [2.24, 2.45) is 5.92 Å². The Kier molecular flexibility index (Phi) is 9.46. The summed E-state index contributed by atoms with van der Waals surface area (Å²) in [7, 11) is 0. The first kappa shape index (κ1) is 26.6. The second-order valence-electron chi connectivity index (χ2n) is 8.60. The Morgan fingerprint density at radius 1 is 1.26 bits per heavy atom. The van der Waals surface area contributed by atoms with Gasteiger partial charge in [0.1, 0.15) is 0 Å². The smallest absolute Gasteiger partial charge is 0.389 e. The first-order chi connectivity index (χ1) is 16.1. The number of ether oxygens (including phenoxy) is 2. The van der Waals surface area contributed by atoms with Crippen LogP contribution in [0.2, 0.25) is 0 Å². The Hall–Kier alpha value is -2.02. The number of fused-ring (bicyclic) bond motifs is 1. The number of carbonyl (C=O) groups is 2. The highest BCUT2D eigenvalue weighted by Gasteiger charge is 2.32. The fourth-order valence-corrected chi connectivity index (χ4v) is 5.29. The zero-order valence-electron chi connectivity index (χ0n) is 18.5. The lowest BCUT2D eigenvalue weighted by Gasteiger charge is -2.36. The second-order valence-corrected chi connectivity index (χ2v) is 9.64. The Morgan fingerprint density at radius 2 is 2.00 bits per heavy atom. The summed E-state index contributed by atoms with van der Waals surface area (Å²) in [5, 5.41) is 2.89. The molecule has 3 rings (SSSR count). The van der Waals surface area contributed by atoms with E-state index in [-0.39, 0.29) is 17.2 Å². The molecule has 1 aromatic heterocycles. The Bertz CT molecular complexity index is 815. The standard InChI is InChI=1S/C21H28F5N3O4S/c22-17(23)11-32-20-28-15-10-29(8-6-16(15)34-20)19(33-12-30)9-13-1-3-14(4-2-13)27-18(31)5-7-21(24,25)26/h12-14,17,19H,1-11H2,(H,27,31). The lowest BCUT2D eigenvalue weighted by molar-refractivity contribution is -0.147. The molecule has 7 nitrogen and oxygen atoms in total. The summed E-state index contributed by atoms with van der Waals surface area (Å²) in [6.45, 7) is 0.725. The van der Waals surface area contributed by atoms with Gasteiger partial charge in [-0.3, -0.25) is 14.5 Å². The van der Waals surface area contributed by atoms with Gasteiger partial charge in [-0.05, 0) is 38.0 Å². The zero-order valence-corrected chi connectivity index (χ0v) is 19.3. The van der Waals surface area contributed by atoms with E-state index in [4.69, 9.17) is 9.47 Å². The SMILES string of the molecule is O=COC(CC1CCC(NC(=O)CCC(F)(F)F)CC1)N1CCc2sc(OCC(F)F)nc2C1. The van der Waals surface area contributed by atoms with E-state index in [1.807, 2.05) is 4.90 Å². The van der Waals surface area contributed by atoms with Gasteiger partial charge in [-0.2, -0.15) is 13.2 Å². The number of carbonyl (C=O) groups excluding carboxylic acids is 2. The molecule has 1 aromatic rings. The number of thiazole rings is 1. The molecule has 2 aliphatic rings. The van der Waals surface area contributed by atoms with Crippen molar-refractivity contribution in [1.82, 2.24) is 15.2 Å². The van der Waals surface area contributed by atoms with Crippen LogP contribution in [0, 0.1) is 5.92 Å². The Morgan fingerprint density at radius 3 is 2.65 bits per heavy atom. The molecule has 1 N–H and O–H groups in total. The van der Waals surface area contributed by atoms with Gasteiger partial charge in [-0.1, -0.05) is 11.3 Å². The van der Waals surface area contributed by atoms with E-state index in [0.29, 0.717) is 45.2 Å². The predicted octanol–water partition coefficient (Wildman–Crippen LogP) is 4.05. The van der Waals surface area contributed by atoms with Gasteiger partial charge in [-0.25, -0.2) is 13.8 Å². The van der Waals surface area contributed by atoms with Gasteiger partial charge in [0.25, 0.3) is 18.1 Å². The number of hydrogen-bond acceptors (Lipinski definition) is 7. The Balaban J connectivity index is 1.47. The molecule has 1 amide bonds. The average Bonchev–Trinajstić information content (AvgIpc) is 3.19. The highest BCUT2D eigenvalue weighted by atomic mass is 32.1. The van der Waals surface area contributed by atoms with E-state index >= 15 is 0 Å². The fourth-order valence-electron chi connectivity index (χ4n) is 4.37. The topological polar surface area (TPSA) is 80.8 Å². The van der Waals surface area contributed by atoms with E-state index in [2.05, 4.69) is 10.3 Å². The maximum atomic E-state index is 12.4. The van der Waals surface area contributed by atoms with Crippen molar-refractivity contribution in [3.05, 3.63) is 10.6 Å². The van der Waals surface area contributed by atoms with Crippen LogP contribution in [0.1, 0.15) is 55.5 Å². The number of amides is 1. The molecular weight excluding hydrogens is 485 g/mol. The lowest BCUT2D eigenvalue weighted by Crippen LogP contribution is -2.43. The van der Waals surface area contributed by atoms with Crippen molar-refractivity contribution in [3.8, 4) is 5.19 Å². The summed E-state index contributed by atoms with van der Waals surface area (Å²) in [5.41, 5.74) is 0.727. The van der Waals surface area contributed by atoms with Crippen LogP contribution in [0.4, 0.5) is 22.0 Å². The number of halogens is 5. The first-order valence-corrected chi connectivity index (χ1v) is 12.0. The molecule has 1 saturated carbocycles. The van der Waals surface area contributed by atoms with Crippen molar-refractivity contribution < 1.29 is 41.0 Å². The minimum absolute atomic E-state index is 0.151. The van der Waals surface area contributed by atoms with E-state index in [9.17, 15) is 31.5 Å². The number of nitrogens with zero attached hydrogens (tertiary/aromatic N) is 2. The molecule has 1 unspecified atom stereocenters. The summed E-state index contributed by atoms with van der Waals surface area (Å²) >= 11 is 1.25. The van der Waals surface area contributed by atoms with E-state index < -0.39 is 44.2 Å². The minimum atomic E-state index is -4.35. The Labute approximate surface area is 198 Å². The molecule has 1 atom stereocenters. The van der Waals surface area contributed by atoms with Gasteiger partial charge >= 0.3 is 6.18 Å². The second kappa shape index (κ2) is 12.1. The highest BCUT2D eigenvalue weighted by Crippen LogP contribution is 2.34. The number of nitrogens with one attached hydrogen (secondary N) is 1. The summed E-state index contributed by atoms with van der Waals surface area (Å²) in [5.74, 6) is -0.359. The summed E-state index contributed by atoms with van der Waals surface area (Å²) in [4.78, 5) is 30.1. The third-order valence-electron chi connectivity index (χ3n) is 6.07. The van der Waals surface area contributed by atoms with Gasteiger partial charge in [0.05, 0.1) is 12.1 Å². The maximum absolute atomic E-state index is 12.4. The molecule has 0 spiro atoms. The molecule has 1 aliphatic heterocycles. The molecule has 0 bridgehead atoms. The third kappa shape index (κ3) is 8.33. The lowest BCUT2D eigenvalue weighted by atomic mass is 9.83. The number of rotatable bonds is 11. The van der Waals surface area contributed by atoms with Gasteiger partial charge in [0, 0.05) is 36.9 Å². The zero-order chi connectivity index (χ0) is 24.7. The largest absolute Gasteiger partial charge is 0.464 e. The summed E-state index contributed by atoms with van der Waals surface area (Å²) < 4.78 is 71.9. The summed E-state index contributed by atoms with van der Waals surface area (Å²) in [6.07, 6.45) is -5.06. The molecular formula is C21H28F5N3O4S. The highest BCUT2D eigenvalue weighted by molar-refractivity contribution is 7.13. The molecule has 34 heavy (non-hydrogen) atoms. The van der Waals surface area contributed by atoms with Crippen molar-refractivity contribution in [2.75, 3.05) is 13.2 Å². The van der Waals surface area contributed by atoms with Crippen LogP contribution in [0.3, 0.4) is 0 Å². The van der Waals surface area contributed by atoms with Crippen molar-refractivity contribution in [3.63, 3.8) is 0 Å². The predicted molar refractivity (Wildman–Crippen MR) is 112 cm³/mol. The van der Waals surface area contributed by atoms with Crippen molar-refractivity contribution >= 4 is 23.7 Å². The molecule has 0 aromatic carbocycles. The van der Waals surface area contributed by atoms with Crippen molar-refractivity contribution in [1.29, 1.82) is 0 Å². The normalized spacial score (nSPS) is 22.2. The quantitative estimate of drug-likeness (QED) is 0.355. The van der Waals surface area contributed by atoms with Crippen LogP contribution in [-0.4, -0.2) is 60.3 Å². The number of alkyl halides is 5. The molecule has 0 saturated heterocycles. The molecule has 2 heterocycles. The van der Waals surface area contributed by atoms with Crippen molar-refractivity contribution in [2.45, 2.75) is 82.8 Å². The van der Waals surface area contributed by atoms with Crippen LogP contribution in [0.15, 0.2) is 0 Å². The van der Waals surface area contributed by atoms with Gasteiger partial charge in [0.15, 0.2) is 12.8 Å². The monoisotopic (exact) mass is 513 g/mol. The van der Waals surface area contributed by atoms with Crippen LogP contribution >= 0.6 is 11.3 Å². The molecule has 0 radical (unpaired) electrons. The van der Waals surface area contributed by atoms with Gasteiger partial charge in [0.2, 0.25) is 5.91 Å². The molecule has 192 valence electrons. The molecule has 1 fully saturated rings. The van der Waals surface area contributed by atoms with Crippen LogP contribution in [0.25, 0.3) is 0 Å². The third-order valence-corrected chi connectivity index (χ3v) is 7.14. The molecule has 13 heteroatoms. The van der Waals surface area contributed by atoms with E-state index in [1.165, 1.54) is 11.3 Å². The first-order valence-electron chi connectivity index (χ1n) is 11.2.